The van der Waals surface area contributed by atoms with E-state index in [0.717, 1.165) is 12.1 Å². The predicted octanol–water partition coefficient (Wildman–Crippen LogP) is 4.05. The fraction of sp³-hybridized carbons (Fsp3) is 0.300. The van der Waals surface area contributed by atoms with Gasteiger partial charge in [0.2, 0.25) is 0 Å². The van der Waals surface area contributed by atoms with Gasteiger partial charge in [-0.1, -0.05) is 44.0 Å². The molecule has 0 fully saturated rings. The first-order chi connectivity index (χ1) is 7.36. The third kappa shape index (κ3) is 3.31. The molecule has 0 spiro atoms. The molecule has 0 heterocycles. The van der Waals surface area contributed by atoms with Crippen LogP contribution in [0.1, 0.15) is 15.9 Å². The van der Waals surface area contributed by atoms with Gasteiger partial charge in [0.05, 0.1) is 10.4 Å². The summed E-state index contributed by atoms with van der Waals surface area (Å²) in [6.45, 7) is 0. The fourth-order valence-corrected chi connectivity index (χ4v) is 1.63. The predicted molar refractivity (Wildman–Crippen MR) is 62.3 cm³/mol. The van der Waals surface area contributed by atoms with Crippen LogP contribution in [0.4, 0.5) is 13.2 Å². The molecule has 88 valence electrons. The Morgan fingerprint density at radius 2 is 1.75 bits per heavy atom. The summed E-state index contributed by atoms with van der Waals surface area (Å²) < 4.78 is 36.7. The summed E-state index contributed by atoms with van der Waals surface area (Å²) in [5, 5.41) is 0.410. The van der Waals surface area contributed by atoms with Crippen LogP contribution >= 0.6 is 31.9 Å². The lowest BCUT2D eigenvalue weighted by molar-refractivity contribution is -0.137. The Hall–Kier alpha value is -0.360. The summed E-state index contributed by atoms with van der Waals surface area (Å²) >= 11 is 6.23. The van der Waals surface area contributed by atoms with Gasteiger partial charge in [-0.15, -0.1) is 0 Å². The van der Waals surface area contributed by atoms with E-state index >= 15 is 0 Å². The van der Waals surface area contributed by atoms with Crippen molar-refractivity contribution >= 4 is 37.6 Å². The molecule has 0 aliphatic rings. The van der Waals surface area contributed by atoms with Crippen molar-refractivity contribution in [2.45, 2.75) is 11.0 Å². The number of Topliss-reactive ketones (excluding diaryl/α,β-unsaturated/α-hetero) is 1. The van der Waals surface area contributed by atoms with Crippen molar-refractivity contribution in [2.75, 3.05) is 5.33 Å². The number of carbonyl (C=O) groups is 1. The summed E-state index contributed by atoms with van der Waals surface area (Å²) in [6, 6.07) is 4.17. The first kappa shape index (κ1) is 13.7. The van der Waals surface area contributed by atoms with Crippen LogP contribution in [0.5, 0.6) is 0 Å². The molecule has 1 rings (SSSR count). The Morgan fingerprint density at radius 1 is 1.25 bits per heavy atom. The fourth-order valence-electron chi connectivity index (χ4n) is 1.07. The molecule has 1 aromatic carbocycles. The van der Waals surface area contributed by atoms with Gasteiger partial charge < -0.3 is 0 Å². The number of ketones is 1. The first-order valence-corrected chi connectivity index (χ1v) is 6.31. The minimum atomic E-state index is -4.37. The number of carbonyl (C=O) groups excluding carboxylic acids is 1. The van der Waals surface area contributed by atoms with Crippen molar-refractivity contribution in [1.82, 2.24) is 0 Å². The maximum absolute atomic E-state index is 12.2. The van der Waals surface area contributed by atoms with Crippen molar-refractivity contribution in [2.24, 2.45) is 0 Å². The number of benzene rings is 1. The average Bonchev–Trinajstić information content (AvgIpc) is 2.26. The van der Waals surface area contributed by atoms with Gasteiger partial charge in [0.25, 0.3) is 0 Å². The van der Waals surface area contributed by atoms with E-state index in [1.54, 1.807) is 0 Å². The summed E-state index contributed by atoms with van der Waals surface area (Å²) in [4.78, 5) is 11.2. The van der Waals surface area contributed by atoms with Gasteiger partial charge in [-0.2, -0.15) is 13.2 Å². The average molecular weight is 360 g/mol. The topological polar surface area (TPSA) is 17.1 Å². The van der Waals surface area contributed by atoms with Crippen LogP contribution in [0.25, 0.3) is 0 Å². The standard InChI is InChI=1S/C10H7Br2F3O/c11-5-8(12)9(16)6-1-3-7(4-2-6)10(13,14)15/h1-4,8H,5H2. The molecule has 0 bridgehead atoms. The Bertz CT molecular complexity index is 373. The molecule has 1 nitrogen and oxygen atoms in total. The van der Waals surface area contributed by atoms with Crippen LogP contribution in [0, 0.1) is 0 Å². The molecular weight excluding hydrogens is 353 g/mol. The zero-order valence-corrected chi connectivity index (χ0v) is 11.1. The molecule has 0 aliphatic heterocycles. The van der Waals surface area contributed by atoms with E-state index in [1.165, 1.54) is 12.1 Å². The van der Waals surface area contributed by atoms with Gasteiger partial charge in [0, 0.05) is 10.9 Å². The van der Waals surface area contributed by atoms with Gasteiger partial charge in [-0.05, 0) is 12.1 Å². The molecule has 1 atom stereocenters. The maximum Gasteiger partial charge on any atom is 0.416 e. The third-order valence-electron chi connectivity index (χ3n) is 1.92. The Balaban J connectivity index is 2.91. The van der Waals surface area contributed by atoms with Crippen molar-refractivity contribution in [1.29, 1.82) is 0 Å². The number of hydrogen-bond donors (Lipinski definition) is 0. The van der Waals surface area contributed by atoms with Crippen LogP contribution in [-0.4, -0.2) is 15.9 Å². The highest BCUT2D eigenvalue weighted by Crippen LogP contribution is 2.29. The smallest absolute Gasteiger partial charge is 0.293 e. The highest BCUT2D eigenvalue weighted by Gasteiger charge is 2.30. The van der Waals surface area contributed by atoms with E-state index in [1.807, 2.05) is 0 Å². The van der Waals surface area contributed by atoms with E-state index in [9.17, 15) is 18.0 Å². The molecule has 0 aromatic heterocycles. The van der Waals surface area contributed by atoms with Gasteiger partial charge in [-0.25, -0.2) is 0 Å². The van der Waals surface area contributed by atoms with E-state index in [2.05, 4.69) is 31.9 Å². The zero-order chi connectivity index (χ0) is 12.3. The quantitative estimate of drug-likeness (QED) is 0.587. The number of alkyl halides is 5. The minimum absolute atomic E-state index is 0.245. The summed E-state index contributed by atoms with van der Waals surface area (Å²) in [5.41, 5.74) is -0.497. The van der Waals surface area contributed by atoms with Gasteiger partial charge in [0.15, 0.2) is 5.78 Å². The Morgan fingerprint density at radius 3 is 2.12 bits per heavy atom. The molecule has 0 aliphatic carbocycles. The van der Waals surface area contributed by atoms with E-state index < -0.39 is 16.6 Å². The molecular formula is C10H7Br2F3O. The van der Waals surface area contributed by atoms with Gasteiger partial charge >= 0.3 is 6.18 Å². The van der Waals surface area contributed by atoms with E-state index in [4.69, 9.17) is 0 Å². The molecule has 0 radical (unpaired) electrons. The summed E-state index contributed by atoms with van der Waals surface area (Å²) in [7, 11) is 0. The Labute approximate surface area is 107 Å². The maximum atomic E-state index is 12.2. The summed E-state index contributed by atoms with van der Waals surface area (Å²) in [5.74, 6) is -0.245. The second kappa shape index (κ2) is 5.31. The molecule has 0 saturated carbocycles. The summed E-state index contributed by atoms with van der Waals surface area (Å²) in [6.07, 6.45) is -4.37. The van der Waals surface area contributed by atoms with E-state index in [0.29, 0.717) is 5.33 Å². The first-order valence-electron chi connectivity index (χ1n) is 4.27. The number of rotatable bonds is 3. The SMILES string of the molecule is O=C(c1ccc(C(F)(F)F)cc1)C(Br)CBr. The van der Waals surface area contributed by atoms with Crippen molar-refractivity contribution in [3.8, 4) is 0 Å². The second-order valence-electron chi connectivity index (χ2n) is 3.06. The molecule has 0 amide bonds. The largest absolute Gasteiger partial charge is 0.416 e. The van der Waals surface area contributed by atoms with Crippen molar-refractivity contribution < 1.29 is 18.0 Å². The number of halogens is 5. The van der Waals surface area contributed by atoms with Crippen LogP contribution in [0.15, 0.2) is 24.3 Å². The molecule has 0 N–H and O–H groups in total. The monoisotopic (exact) mass is 358 g/mol. The van der Waals surface area contributed by atoms with Crippen molar-refractivity contribution in [3.05, 3.63) is 35.4 Å². The third-order valence-corrected chi connectivity index (χ3v) is 4.17. The second-order valence-corrected chi connectivity index (χ2v) is 4.81. The normalized spacial score (nSPS) is 13.6. The van der Waals surface area contributed by atoms with Gasteiger partial charge in [-0.3, -0.25) is 4.79 Å². The number of hydrogen-bond acceptors (Lipinski definition) is 1. The zero-order valence-electron chi connectivity index (χ0n) is 7.89. The lowest BCUT2D eigenvalue weighted by Crippen LogP contribution is -2.15. The highest BCUT2D eigenvalue weighted by molar-refractivity contribution is 9.12. The lowest BCUT2D eigenvalue weighted by atomic mass is 10.1. The van der Waals surface area contributed by atoms with Crippen molar-refractivity contribution in [3.63, 3.8) is 0 Å². The molecule has 16 heavy (non-hydrogen) atoms. The van der Waals surface area contributed by atoms with Crippen LogP contribution < -0.4 is 0 Å². The molecule has 1 unspecified atom stereocenters. The lowest BCUT2D eigenvalue weighted by Gasteiger charge is -2.08. The Kier molecular flexibility index (Phi) is 4.55. The molecule has 1 aromatic rings. The minimum Gasteiger partial charge on any atom is -0.293 e. The van der Waals surface area contributed by atoms with Gasteiger partial charge in [0.1, 0.15) is 0 Å². The van der Waals surface area contributed by atoms with Crippen LogP contribution in [0.3, 0.4) is 0 Å². The molecule has 6 heteroatoms. The van der Waals surface area contributed by atoms with Crippen LogP contribution in [0.2, 0.25) is 0 Å². The highest BCUT2D eigenvalue weighted by atomic mass is 79.9. The van der Waals surface area contributed by atoms with Crippen LogP contribution in [-0.2, 0) is 6.18 Å². The molecule has 0 saturated heterocycles. The van der Waals surface area contributed by atoms with E-state index in [-0.39, 0.29) is 11.3 Å².